The van der Waals surface area contributed by atoms with E-state index in [2.05, 4.69) is 46.5 Å². The Kier molecular flexibility index (Phi) is 7.37. The fraction of sp³-hybridized carbons (Fsp3) is 0.632. The fourth-order valence-corrected chi connectivity index (χ4v) is 3.06. The van der Waals surface area contributed by atoms with Crippen molar-refractivity contribution in [1.82, 2.24) is 15.5 Å². The zero-order valence-corrected chi connectivity index (χ0v) is 15.5. The summed E-state index contributed by atoms with van der Waals surface area (Å²) in [5, 5.41) is 6.94. The number of nitrogens with zero attached hydrogens (tertiary/aromatic N) is 2. The summed E-state index contributed by atoms with van der Waals surface area (Å²) in [5.41, 5.74) is 1.32. The SMILES string of the molecule is CCC(C)NC(=NC)NCC(c1ccc(OC)cc1)N1CCCC1. The predicted molar refractivity (Wildman–Crippen MR) is 101 cm³/mol. The number of benzene rings is 1. The summed E-state index contributed by atoms with van der Waals surface area (Å²) in [7, 11) is 3.54. The normalized spacial score (nSPS) is 18.2. The first-order chi connectivity index (χ1) is 11.7. The monoisotopic (exact) mass is 332 g/mol. The Morgan fingerprint density at radius 3 is 2.46 bits per heavy atom. The van der Waals surface area contributed by atoms with Gasteiger partial charge in [-0.3, -0.25) is 9.89 Å². The number of hydrogen-bond acceptors (Lipinski definition) is 3. The van der Waals surface area contributed by atoms with Gasteiger partial charge >= 0.3 is 0 Å². The first kappa shape index (κ1) is 18.6. The molecule has 0 saturated carbocycles. The first-order valence-electron chi connectivity index (χ1n) is 9.03. The third-order valence-electron chi connectivity index (χ3n) is 4.76. The van der Waals surface area contributed by atoms with Gasteiger partial charge in [0.1, 0.15) is 5.75 Å². The Hall–Kier alpha value is -1.75. The quantitative estimate of drug-likeness (QED) is 0.595. The van der Waals surface area contributed by atoms with Gasteiger partial charge in [0.15, 0.2) is 5.96 Å². The zero-order valence-electron chi connectivity index (χ0n) is 15.5. The Morgan fingerprint density at radius 1 is 1.25 bits per heavy atom. The molecule has 1 heterocycles. The van der Waals surface area contributed by atoms with E-state index in [9.17, 15) is 0 Å². The summed E-state index contributed by atoms with van der Waals surface area (Å²) >= 11 is 0. The lowest BCUT2D eigenvalue weighted by Gasteiger charge is -2.29. The third kappa shape index (κ3) is 5.13. The van der Waals surface area contributed by atoms with Crippen molar-refractivity contribution in [2.24, 2.45) is 4.99 Å². The molecule has 1 aromatic carbocycles. The fourth-order valence-electron chi connectivity index (χ4n) is 3.06. The van der Waals surface area contributed by atoms with E-state index in [-0.39, 0.29) is 0 Å². The average molecular weight is 332 g/mol. The van der Waals surface area contributed by atoms with Gasteiger partial charge in [0.25, 0.3) is 0 Å². The number of likely N-dealkylation sites (tertiary alicyclic amines) is 1. The molecule has 24 heavy (non-hydrogen) atoms. The Bertz CT molecular complexity index is 509. The number of hydrogen-bond donors (Lipinski definition) is 2. The molecule has 134 valence electrons. The minimum atomic E-state index is 0.355. The molecule has 0 amide bonds. The molecule has 5 heteroatoms. The topological polar surface area (TPSA) is 48.9 Å². The van der Waals surface area contributed by atoms with Crippen molar-refractivity contribution in [2.45, 2.75) is 45.2 Å². The maximum Gasteiger partial charge on any atom is 0.191 e. The summed E-state index contributed by atoms with van der Waals surface area (Å²) < 4.78 is 5.29. The molecule has 2 N–H and O–H groups in total. The van der Waals surface area contributed by atoms with Crippen LogP contribution in [0, 0.1) is 0 Å². The zero-order chi connectivity index (χ0) is 17.4. The van der Waals surface area contributed by atoms with Crippen molar-refractivity contribution in [2.75, 3.05) is 33.8 Å². The first-order valence-corrected chi connectivity index (χ1v) is 9.03. The highest BCUT2D eigenvalue weighted by Gasteiger charge is 2.23. The summed E-state index contributed by atoms with van der Waals surface area (Å²) in [6.07, 6.45) is 3.65. The molecular weight excluding hydrogens is 300 g/mol. The van der Waals surface area contributed by atoms with Gasteiger partial charge in [-0.1, -0.05) is 19.1 Å². The Balaban J connectivity index is 2.05. The number of methoxy groups -OCH3 is 1. The van der Waals surface area contributed by atoms with Crippen LogP contribution < -0.4 is 15.4 Å². The molecule has 1 saturated heterocycles. The Morgan fingerprint density at radius 2 is 1.92 bits per heavy atom. The molecule has 0 spiro atoms. The van der Waals surface area contributed by atoms with E-state index in [0.717, 1.165) is 37.8 Å². The maximum absolute atomic E-state index is 5.29. The van der Waals surface area contributed by atoms with E-state index in [1.165, 1.54) is 18.4 Å². The minimum absolute atomic E-state index is 0.355. The van der Waals surface area contributed by atoms with Crippen LogP contribution in [0.5, 0.6) is 5.75 Å². The molecule has 2 rings (SSSR count). The Labute approximate surface area is 146 Å². The van der Waals surface area contributed by atoms with Crippen LogP contribution in [0.25, 0.3) is 0 Å². The van der Waals surface area contributed by atoms with Gasteiger partial charge in [0.2, 0.25) is 0 Å². The van der Waals surface area contributed by atoms with Crippen molar-refractivity contribution >= 4 is 5.96 Å². The van der Waals surface area contributed by atoms with Crippen LogP contribution in [0.1, 0.15) is 44.7 Å². The average Bonchev–Trinajstić information content (AvgIpc) is 3.15. The molecule has 1 aliphatic heterocycles. The van der Waals surface area contributed by atoms with E-state index in [1.54, 1.807) is 7.11 Å². The molecule has 0 aromatic heterocycles. The van der Waals surface area contributed by atoms with Crippen molar-refractivity contribution in [3.63, 3.8) is 0 Å². The summed E-state index contributed by atoms with van der Waals surface area (Å²) in [5.74, 6) is 1.78. The second kappa shape index (κ2) is 9.52. The molecule has 0 aliphatic carbocycles. The number of guanidine groups is 1. The number of rotatable bonds is 7. The van der Waals surface area contributed by atoms with Crippen molar-refractivity contribution in [3.8, 4) is 5.75 Å². The molecule has 0 bridgehead atoms. The lowest BCUT2D eigenvalue weighted by Crippen LogP contribution is -2.45. The number of ether oxygens (including phenoxy) is 1. The van der Waals surface area contributed by atoms with E-state index in [0.29, 0.717) is 12.1 Å². The van der Waals surface area contributed by atoms with E-state index in [1.807, 2.05) is 19.2 Å². The van der Waals surface area contributed by atoms with Crippen LogP contribution >= 0.6 is 0 Å². The lowest BCUT2D eigenvalue weighted by atomic mass is 10.1. The summed E-state index contributed by atoms with van der Waals surface area (Å²) in [6.45, 7) is 7.53. The molecule has 5 nitrogen and oxygen atoms in total. The predicted octanol–water partition coefficient (Wildman–Crippen LogP) is 2.80. The lowest BCUT2D eigenvalue weighted by molar-refractivity contribution is 0.245. The van der Waals surface area contributed by atoms with Gasteiger partial charge in [0.05, 0.1) is 13.2 Å². The number of nitrogens with one attached hydrogen (secondary N) is 2. The van der Waals surface area contributed by atoms with E-state index < -0.39 is 0 Å². The highest BCUT2D eigenvalue weighted by Crippen LogP contribution is 2.26. The van der Waals surface area contributed by atoms with Crippen molar-refractivity contribution in [1.29, 1.82) is 0 Å². The van der Waals surface area contributed by atoms with Crippen LogP contribution in [0.2, 0.25) is 0 Å². The molecule has 1 fully saturated rings. The van der Waals surface area contributed by atoms with E-state index >= 15 is 0 Å². The van der Waals surface area contributed by atoms with Gasteiger partial charge in [-0.25, -0.2) is 0 Å². The van der Waals surface area contributed by atoms with Gasteiger partial charge < -0.3 is 15.4 Å². The minimum Gasteiger partial charge on any atom is -0.497 e. The van der Waals surface area contributed by atoms with Crippen LogP contribution in [0.15, 0.2) is 29.3 Å². The molecular formula is C19H32N4O. The second-order valence-corrected chi connectivity index (χ2v) is 6.44. The molecule has 2 atom stereocenters. The van der Waals surface area contributed by atoms with Crippen molar-refractivity contribution in [3.05, 3.63) is 29.8 Å². The highest BCUT2D eigenvalue weighted by atomic mass is 16.5. The highest BCUT2D eigenvalue weighted by molar-refractivity contribution is 5.79. The van der Waals surface area contributed by atoms with Crippen molar-refractivity contribution < 1.29 is 4.74 Å². The van der Waals surface area contributed by atoms with Gasteiger partial charge in [-0.2, -0.15) is 0 Å². The van der Waals surface area contributed by atoms with Crippen LogP contribution in [-0.4, -0.2) is 50.7 Å². The number of aliphatic imine (C=N–C) groups is 1. The van der Waals surface area contributed by atoms with Crippen LogP contribution in [0.4, 0.5) is 0 Å². The van der Waals surface area contributed by atoms with Gasteiger partial charge in [-0.15, -0.1) is 0 Å². The molecule has 0 radical (unpaired) electrons. The summed E-state index contributed by atoms with van der Waals surface area (Å²) in [4.78, 5) is 6.91. The third-order valence-corrected chi connectivity index (χ3v) is 4.76. The van der Waals surface area contributed by atoms with Gasteiger partial charge in [-0.05, 0) is 57.0 Å². The van der Waals surface area contributed by atoms with Crippen LogP contribution in [0.3, 0.4) is 0 Å². The standard InChI is InChI=1S/C19H32N4O/c1-5-15(2)22-19(20-3)21-14-18(23-12-6-7-13-23)16-8-10-17(24-4)11-9-16/h8-11,15,18H,5-7,12-14H2,1-4H3,(H2,20,21,22). The smallest absolute Gasteiger partial charge is 0.191 e. The largest absolute Gasteiger partial charge is 0.497 e. The molecule has 1 aliphatic rings. The summed E-state index contributed by atoms with van der Waals surface area (Å²) in [6, 6.07) is 9.22. The second-order valence-electron chi connectivity index (χ2n) is 6.44. The van der Waals surface area contributed by atoms with Gasteiger partial charge in [0, 0.05) is 19.6 Å². The molecule has 2 unspecified atom stereocenters. The molecule has 1 aromatic rings. The maximum atomic E-state index is 5.29. The van der Waals surface area contributed by atoms with E-state index in [4.69, 9.17) is 4.74 Å². The van der Waals surface area contributed by atoms with Crippen LogP contribution in [-0.2, 0) is 0 Å².